The Hall–Kier alpha value is -7.00. The molecule has 0 aliphatic heterocycles. The Bertz CT molecular complexity index is 2990. The van der Waals surface area contributed by atoms with Crippen molar-refractivity contribution in [3.05, 3.63) is 247 Å². The highest BCUT2D eigenvalue weighted by Crippen LogP contribution is 2.56. The number of rotatable bonds is 7. The quantitative estimate of drug-likeness (QED) is 0.157. The van der Waals surface area contributed by atoms with Crippen molar-refractivity contribution in [1.82, 2.24) is 0 Å². The molecule has 2 heteroatoms. The van der Waals surface area contributed by atoms with Crippen LogP contribution in [0.3, 0.4) is 0 Å². The van der Waals surface area contributed by atoms with Gasteiger partial charge in [-0.1, -0.05) is 176 Å². The molecule has 1 heterocycles. The predicted molar refractivity (Wildman–Crippen MR) is 242 cm³/mol. The van der Waals surface area contributed by atoms with Crippen LogP contribution in [0.25, 0.3) is 53.6 Å². The molecule has 11 rings (SSSR count). The highest BCUT2D eigenvalue weighted by Gasteiger charge is 2.45. The highest BCUT2D eigenvalue weighted by atomic mass is 32.1. The van der Waals surface area contributed by atoms with Crippen molar-refractivity contribution >= 4 is 48.6 Å². The van der Waals surface area contributed by atoms with Gasteiger partial charge in [0.05, 0.1) is 5.41 Å². The van der Waals surface area contributed by atoms with Crippen LogP contribution in [-0.2, 0) is 5.41 Å². The Balaban J connectivity index is 1.02. The molecule has 9 aromatic carbocycles. The second kappa shape index (κ2) is 13.6. The summed E-state index contributed by atoms with van der Waals surface area (Å²) in [4.78, 5) is 2.38. The van der Waals surface area contributed by atoms with Crippen LogP contribution in [-0.4, -0.2) is 0 Å². The summed E-state index contributed by atoms with van der Waals surface area (Å²) in [5, 5.41) is 2.65. The fourth-order valence-corrected chi connectivity index (χ4v) is 10.3. The van der Waals surface area contributed by atoms with Crippen LogP contribution in [0.15, 0.2) is 224 Å². The fraction of sp³-hybridized carbons (Fsp3) is 0.0182. The smallest absolute Gasteiger partial charge is 0.0713 e. The number of thiophene rings is 1. The van der Waals surface area contributed by atoms with E-state index in [4.69, 9.17) is 0 Å². The minimum absolute atomic E-state index is 0.438. The van der Waals surface area contributed by atoms with E-state index in [2.05, 4.69) is 229 Å². The molecule has 0 amide bonds. The van der Waals surface area contributed by atoms with E-state index in [1.54, 1.807) is 0 Å². The minimum Gasteiger partial charge on any atom is -0.311 e. The van der Waals surface area contributed by atoms with Gasteiger partial charge < -0.3 is 4.90 Å². The molecule has 268 valence electrons. The lowest BCUT2D eigenvalue weighted by Gasteiger charge is -2.34. The van der Waals surface area contributed by atoms with E-state index in [9.17, 15) is 0 Å². The normalized spacial score (nSPS) is 12.7. The van der Waals surface area contributed by atoms with E-state index in [0.717, 1.165) is 17.1 Å². The monoisotopic (exact) mass is 743 g/mol. The number of fused-ring (bicyclic) bond motifs is 6. The summed E-state index contributed by atoms with van der Waals surface area (Å²) < 4.78 is 2.65. The maximum absolute atomic E-state index is 2.38. The molecule has 0 saturated heterocycles. The molecule has 0 unspecified atom stereocenters. The van der Waals surface area contributed by atoms with Crippen LogP contribution in [0.5, 0.6) is 0 Å². The third-order valence-electron chi connectivity index (χ3n) is 11.8. The van der Waals surface area contributed by atoms with E-state index in [1.807, 2.05) is 11.3 Å². The number of benzene rings is 9. The average molecular weight is 744 g/mol. The second-order valence-electron chi connectivity index (χ2n) is 14.9. The zero-order chi connectivity index (χ0) is 37.8. The second-order valence-corrected chi connectivity index (χ2v) is 15.9. The van der Waals surface area contributed by atoms with Crippen LogP contribution in [0, 0.1) is 0 Å². The number of hydrogen-bond donors (Lipinski definition) is 0. The van der Waals surface area contributed by atoms with Gasteiger partial charge in [-0.2, -0.15) is 0 Å². The molecule has 1 nitrogen and oxygen atoms in total. The molecule has 0 bridgehead atoms. The van der Waals surface area contributed by atoms with Crippen molar-refractivity contribution < 1.29 is 0 Å². The van der Waals surface area contributed by atoms with Crippen LogP contribution in [0.2, 0.25) is 0 Å². The molecule has 10 aromatic rings. The van der Waals surface area contributed by atoms with Gasteiger partial charge in [0.2, 0.25) is 0 Å². The van der Waals surface area contributed by atoms with E-state index in [1.165, 1.54) is 75.8 Å². The van der Waals surface area contributed by atoms with Crippen LogP contribution in [0.4, 0.5) is 17.1 Å². The summed E-state index contributed by atoms with van der Waals surface area (Å²) in [6, 6.07) is 82.4. The first kappa shape index (κ1) is 33.3. The summed E-state index contributed by atoms with van der Waals surface area (Å²) in [5.74, 6) is 0. The SMILES string of the molecule is c1ccc(-c2ccc(N(c3ccc(-c4ccc5c(c4)sc4ccccc45)cc3)c3ccc(C4(c5ccccc5)c5ccccc5-c5ccccc54)cc3)cc2)cc1. The Morgan fingerprint density at radius 2 is 0.754 bits per heavy atom. The van der Waals surface area contributed by atoms with Gasteiger partial charge in [-0.3, -0.25) is 0 Å². The van der Waals surface area contributed by atoms with Crippen molar-refractivity contribution in [1.29, 1.82) is 0 Å². The number of hydrogen-bond acceptors (Lipinski definition) is 2. The Morgan fingerprint density at radius 3 is 1.39 bits per heavy atom. The Labute approximate surface area is 337 Å². The van der Waals surface area contributed by atoms with Gasteiger partial charge >= 0.3 is 0 Å². The molecule has 0 spiro atoms. The number of nitrogens with zero attached hydrogens (tertiary/aromatic N) is 1. The molecule has 57 heavy (non-hydrogen) atoms. The van der Waals surface area contributed by atoms with Crippen molar-refractivity contribution in [2.75, 3.05) is 4.90 Å². The van der Waals surface area contributed by atoms with Gasteiger partial charge in [0.1, 0.15) is 0 Å². The highest BCUT2D eigenvalue weighted by molar-refractivity contribution is 7.25. The Morgan fingerprint density at radius 1 is 0.316 bits per heavy atom. The lowest BCUT2D eigenvalue weighted by Crippen LogP contribution is -2.28. The van der Waals surface area contributed by atoms with Gasteiger partial charge in [0.25, 0.3) is 0 Å². The molecule has 1 aliphatic rings. The summed E-state index contributed by atoms with van der Waals surface area (Å²) in [6.45, 7) is 0. The zero-order valence-electron chi connectivity index (χ0n) is 31.2. The van der Waals surface area contributed by atoms with E-state index < -0.39 is 5.41 Å². The summed E-state index contributed by atoms with van der Waals surface area (Å²) in [7, 11) is 0. The molecule has 0 fully saturated rings. The third-order valence-corrected chi connectivity index (χ3v) is 12.9. The lowest BCUT2D eigenvalue weighted by atomic mass is 9.68. The topological polar surface area (TPSA) is 3.24 Å². The van der Waals surface area contributed by atoms with Gasteiger partial charge in [0, 0.05) is 37.2 Å². The van der Waals surface area contributed by atoms with Crippen molar-refractivity contribution in [2.24, 2.45) is 0 Å². The third kappa shape index (κ3) is 5.44. The summed E-state index contributed by atoms with van der Waals surface area (Å²) >= 11 is 1.87. The largest absolute Gasteiger partial charge is 0.311 e. The first-order chi connectivity index (χ1) is 28.3. The van der Waals surface area contributed by atoms with Crippen molar-refractivity contribution in [2.45, 2.75) is 5.41 Å². The predicted octanol–water partition coefficient (Wildman–Crippen LogP) is 15.2. The van der Waals surface area contributed by atoms with Crippen molar-refractivity contribution in [3.8, 4) is 33.4 Å². The lowest BCUT2D eigenvalue weighted by molar-refractivity contribution is 0.768. The van der Waals surface area contributed by atoms with Crippen LogP contribution in [0.1, 0.15) is 22.3 Å². The molecular formula is C55H37NS. The minimum atomic E-state index is -0.438. The average Bonchev–Trinajstić information content (AvgIpc) is 3.81. The zero-order valence-corrected chi connectivity index (χ0v) is 32.0. The van der Waals surface area contributed by atoms with Crippen LogP contribution >= 0.6 is 11.3 Å². The first-order valence-corrected chi connectivity index (χ1v) is 20.4. The maximum Gasteiger partial charge on any atom is 0.0713 e. The van der Waals surface area contributed by atoms with Crippen LogP contribution < -0.4 is 4.90 Å². The first-order valence-electron chi connectivity index (χ1n) is 19.6. The van der Waals surface area contributed by atoms with E-state index >= 15 is 0 Å². The molecule has 0 saturated carbocycles. The van der Waals surface area contributed by atoms with Gasteiger partial charge in [-0.15, -0.1) is 11.3 Å². The molecule has 1 aromatic heterocycles. The van der Waals surface area contributed by atoms with Crippen molar-refractivity contribution in [3.63, 3.8) is 0 Å². The van der Waals surface area contributed by atoms with E-state index in [-0.39, 0.29) is 0 Å². The van der Waals surface area contributed by atoms with Gasteiger partial charge in [0.15, 0.2) is 0 Å². The molecule has 0 radical (unpaired) electrons. The molecule has 0 N–H and O–H groups in total. The fourth-order valence-electron chi connectivity index (χ4n) is 9.16. The number of anilines is 3. The van der Waals surface area contributed by atoms with Gasteiger partial charge in [-0.05, 0) is 104 Å². The molecule has 0 atom stereocenters. The van der Waals surface area contributed by atoms with E-state index in [0.29, 0.717) is 0 Å². The summed E-state index contributed by atoms with van der Waals surface area (Å²) in [6.07, 6.45) is 0. The maximum atomic E-state index is 2.38. The standard InChI is InChI=1S/C55H37NS/c1-3-13-38(14-4-1)39-23-30-44(31-24-39)56(45-32-25-40(26-33-45)41-27-36-50-49-19-9-12-22-53(49)57-54(50)37-41)46-34-28-43(29-35-46)55(42-15-5-2-6-16-42)51-20-10-7-17-47(51)48-18-8-11-21-52(48)55/h1-37H. The molecule has 1 aliphatic carbocycles. The summed E-state index contributed by atoms with van der Waals surface area (Å²) in [5.41, 5.74) is 15.5. The Kier molecular flexibility index (Phi) is 7.98. The van der Waals surface area contributed by atoms with Gasteiger partial charge in [-0.25, -0.2) is 0 Å². The molecular weight excluding hydrogens is 707 g/mol.